The topological polar surface area (TPSA) is 74.4 Å². The number of ether oxygens (including phenoxy) is 1. The van der Waals surface area contributed by atoms with Crippen molar-refractivity contribution in [2.75, 3.05) is 0 Å². The first-order valence-corrected chi connectivity index (χ1v) is 11.9. The van der Waals surface area contributed by atoms with E-state index in [1.165, 1.54) is 6.07 Å². The number of nitro groups is 1. The molecule has 7 heteroatoms. The number of benzene rings is 4. The molecule has 4 aromatic carbocycles. The molecule has 180 valence electrons. The fourth-order valence-corrected chi connectivity index (χ4v) is 4.64. The highest BCUT2D eigenvalue weighted by Gasteiger charge is 2.20. The van der Waals surface area contributed by atoms with Crippen molar-refractivity contribution in [3.63, 3.8) is 0 Å². The molecule has 6 nitrogen and oxygen atoms in total. The molecule has 0 N–H and O–H groups in total. The van der Waals surface area contributed by atoms with Crippen molar-refractivity contribution in [3.05, 3.63) is 123 Å². The molecule has 0 fully saturated rings. The first-order valence-electron chi connectivity index (χ1n) is 11.6. The molecule has 1 atom stereocenters. The molecule has 0 bridgehead atoms. The van der Waals surface area contributed by atoms with Gasteiger partial charge in [0.25, 0.3) is 5.69 Å². The maximum atomic E-state index is 12.8. The van der Waals surface area contributed by atoms with Gasteiger partial charge >= 0.3 is 5.97 Å². The first-order chi connectivity index (χ1) is 17.4. The molecule has 1 aromatic heterocycles. The zero-order chi connectivity index (χ0) is 25.2. The Kier molecular flexibility index (Phi) is 6.44. The Morgan fingerprint density at radius 3 is 2.47 bits per heavy atom. The van der Waals surface area contributed by atoms with Gasteiger partial charge in [-0.05, 0) is 47.9 Å². The van der Waals surface area contributed by atoms with Gasteiger partial charge in [-0.2, -0.15) is 0 Å². The molecular formula is C29H23ClN2O4. The summed E-state index contributed by atoms with van der Waals surface area (Å²) in [6, 6.07) is 27.8. The highest BCUT2D eigenvalue weighted by atomic mass is 35.5. The van der Waals surface area contributed by atoms with Crippen LogP contribution < -0.4 is 0 Å². The standard InChI is InChI=1S/C29H23ClN2O4/c1-19(29(33)36-18-20-6-3-2-4-7-20)22-10-12-25-26-16-23(30)11-13-27(26)31(28(25)15-22)17-21-8-5-9-24(14-21)32(34)35/h2-16,19H,17-18H2,1H3. The average molecular weight is 499 g/mol. The number of carbonyl (C=O) groups excluding carboxylic acids is 1. The van der Waals surface area contributed by atoms with E-state index in [1.54, 1.807) is 12.1 Å². The number of carbonyl (C=O) groups is 1. The van der Waals surface area contributed by atoms with Crippen LogP contribution in [0.15, 0.2) is 91.0 Å². The molecule has 0 saturated carbocycles. The largest absolute Gasteiger partial charge is 0.460 e. The van der Waals surface area contributed by atoms with Gasteiger partial charge in [-0.1, -0.05) is 66.2 Å². The fourth-order valence-electron chi connectivity index (χ4n) is 4.47. The number of rotatable bonds is 7. The van der Waals surface area contributed by atoms with E-state index >= 15 is 0 Å². The lowest BCUT2D eigenvalue weighted by atomic mass is 9.99. The molecule has 0 spiro atoms. The van der Waals surface area contributed by atoms with E-state index < -0.39 is 10.8 Å². The van der Waals surface area contributed by atoms with Crippen molar-refractivity contribution in [2.24, 2.45) is 0 Å². The summed E-state index contributed by atoms with van der Waals surface area (Å²) in [5.41, 5.74) is 4.49. The van der Waals surface area contributed by atoms with Gasteiger partial charge in [-0.3, -0.25) is 14.9 Å². The maximum Gasteiger partial charge on any atom is 0.313 e. The summed E-state index contributed by atoms with van der Waals surface area (Å²) in [5, 5.41) is 13.9. The van der Waals surface area contributed by atoms with Gasteiger partial charge in [0.2, 0.25) is 0 Å². The molecule has 1 heterocycles. The number of fused-ring (bicyclic) bond motifs is 3. The second-order valence-corrected chi connectivity index (χ2v) is 9.20. The van der Waals surface area contributed by atoms with Crippen molar-refractivity contribution < 1.29 is 14.5 Å². The van der Waals surface area contributed by atoms with E-state index in [1.807, 2.05) is 79.7 Å². The molecule has 0 amide bonds. The number of hydrogen-bond acceptors (Lipinski definition) is 4. The monoisotopic (exact) mass is 498 g/mol. The minimum atomic E-state index is -0.467. The fraction of sp³-hybridized carbons (Fsp3) is 0.138. The number of esters is 1. The van der Waals surface area contributed by atoms with Crippen molar-refractivity contribution in [3.8, 4) is 0 Å². The first kappa shape index (κ1) is 23.6. The normalized spacial score (nSPS) is 12.1. The van der Waals surface area contributed by atoms with Crippen molar-refractivity contribution in [1.29, 1.82) is 0 Å². The quantitative estimate of drug-likeness (QED) is 0.134. The summed E-state index contributed by atoms with van der Waals surface area (Å²) >= 11 is 6.31. The van der Waals surface area contributed by atoms with Crippen LogP contribution in [-0.2, 0) is 22.7 Å². The molecule has 36 heavy (non-hydrogen) atoms. The lowest BCUT2D eigenvalue weighted by molar-refractivity contribution is -0.384. The van der Waals surface area contributed by atoms with Crippen LogP contribution in [0.25, 0.3) is 21.8 Å². The van der Waals surface area contributed by atoms with Crippen molar-refractivity contribution >= 4 is 45.1 Å². The summed E-state index contributed by atoms with van der Waals surface area (Å²) < 4.78 is 7.67. The molecule has 5 aromatic rings. The Hall–Kier alpha value is -4.16. The van der Waals surface area contributed by atoms with Gasteiger partial charge in [-0.15, -0.1) is 0 Å². The number of nitro benzene ring substituents is 1. The van der Waals surface area contributed by atoms with Crippen molar-refractivity contribution in [1.82, 2.24) is 4.57 Å². The molecule has 5 rings (SSSR count). The van der Waals surface area contributed by atoms with Crippen LogP contribution in [0.5, 0.6) is 0 Å². The third-order valence-electron chi connectivity index (χ3n) is 6.39. The van der Waals surface area contributed by atoms with Gasteiger partial charge in [-0.25, -0.2) is 0 Å². The molecule has 1 unspecified atom stereocenters. The Morgan fingerprint density at radius 1 is 0.917 bits per heavy atom. The SMILES string of the molecule is CC(C(=O)OCc1ccccc1)c1ccc2c3cc(Cl)ccc3n(Cc3cccc([N+](=O)[O-])c3)c2c1. The van der Waals surface area contributed by atoms with E-state index in [2.05, 4.69) is 4.57 Å². The van der Waals surface area contributed by atoms with Crippen molar-refractivity contribution in [2.45, 2.75) is 26.0 Å². The Bertz CT molecular complexity index is 1590. The summed E-state index contributed by atoms with van der Waals surface area (Å²) in [4.78, 5) is 23.7. The summed E-state index contributed by atoms with van der Waals surface area (Å²) in [7, 11) is 0. The minimum absolute atomic E-state index is 0.0479. The lowest BCUT2D eigenvalue weighted by Gasteiger charge is -2.13. The Balaban J connectivity index is 1.52. The maximum absolute atomic E-state index is 12.8. The predicted molar refractivity (Wildman–Crippen MR) is 141 cm³/mol. The van der Waals surface area contributed by atoms with Gasteiger partial charge in [0.05, 0.1) is 10.8 Å². The van der Waals surface area contributed by atoms with Crippen LogP contribution in [0, 0.1) is 10.1 Å². The van der Waals surface area contributed by atoms with E-state index in [0.29, 0.717) is 11.6 Å². The average Bonchev–Trinajstić information content (AvgIpc) is 3.19. The number of hydrogen-bond donors (Lipinski definition) is 0. The predicted octanol–water partition coefficient (Wildman–Crippen LogP) is 7.25. The third-order valence-corrected chi connectivity index (χ3v) is 6.63. The van der Waals surface area contributed by atoms with Crippen LogP contribution in [0.2, 0.25) is 5.02 Å². The van der Waals surface area contributed by atoms with Crippen LogP contribution in [0.3, 0.4) is 0 Å². The number of aromatic nitrogens is 1. The Labute approximate surface area is 212 Å². The number of nitrogens with zero attached hydrogens (tertiary/aromatic N) is 2. The van der Waals surface area contributed by atoms with Gasteiger partial charge in [0, 0.05) is 45.5 Å². The van der Waals surface area contributed by atoms with E-state index in [-0.39, 0.29) is 18.3 Å². The zero-order valence-corrected chi connectivity index (χ0v) is 20.3. The van der Waals surface area contributed by atoms with Gasteiger partial charge in [0.1, 0.15) is 6.61 Å². The van der Waals surface area contributed by atoms with E-state index in [9.17, 15) is 14.9 Å². The third kappa shape index (κ3) is 4.68. The highest BCUT2D eigenvalue weighted by molar-refractivity contribution is 6.31. The molecular weight excluding hydrogens is 476 g/mol. The van der Waals surface area contributed by atoms with Crippen LogP contribution in [-0.4, -0.2) is 15.5 Å². The molecule has 0 aliphatic heterocycles. The second kappa shape index (κ2) is 9.84. The van der Waals surface area contributed by atoms with Crippen LogP contribution in [0.1, 0.15) is 29.5 Å². The van der Waals surface area contributed by atoms with E-state index in [4.69, 9.17) is 16.3 Å². The summed E-state index contributed by atoms with van der Waals surface area (Å²) in [6.07, 6.45) is 0. The van der Waals surface area contributed by atoms with E-state index in [0.717, 1.165) is 38.5 Å². The molecule has 0 radical (unpaired) electrons. The van der Waals surface area contributed by atoms with Gasteiger partial charge in [0.15, 0.2) is 0 Å². The summed E-state index contributed by atoms with van der Waals surface area (Å²) in [5.74, 6) is -0.770. The van der Waals surface area contributed by atoms with Crippen LogP contribution in [0.4, 0.5) is 5.69 Å². The zero-order valence-electron chi connectivity index (χ0n) is 19.6. The minimum Gasteiger partial charge on any atom is -0.460 e. The summed E-state index contributed by atoms with van der Waals surface area (Å²) in [6.45, 7) is 2.48. The van der Waals surface area contributed by atoms with Crippen LogP contribution >= 0.6 is 11.6 Å². The number of non-ortho nitro benzene ring substituents is 1. The molecule has 0 saturated heterocycles. The van der Waals surface area contributed by atoms with Gasteiger partial charge < -0.3 is 9.30 Å². The lowest BCUT2D eigenvalue weighted by Crippen LogP contribution is -2.13. The highest BCUT2D eigenvalue weighted by Crippen LogP contribution is 2.34. The molecule has 0 aliphatic carbocycles. The smallest absolute Gasteiger partial charge is 0.313 e. The Morgan fingerprint density at radius 2 is 1.69 bits per heavy atom. The molecule has 0 aliphatic rings. The number of halogens is 1. The second-order valence-electron chi connectivity index (χ2n) is 8.77.